The molecule has 33 heavy (non-hydrogen) atoms. The van der Waals surface area contributed by atoms with E-state index < -0.39 is 17.4 Å². The van der Waals surface area contributed by atoms with Gasteiger partial charge in [0.25, 0.3) is 11.8 Å². The van der Waals surface area contributed by atoms with Gasteiger partial charge in [-0.25, -0.2) is 9.78 Å². The van der Waals surface area contributed by atoms with Crippen LogP contribution in [0.4, 0.5) is 5.69 Å². The van der Waals surface area contributed by atoms with Crippen molar-refractivity contribution in [2.75, 3.05) is 11.9 Å². The lowest BCUT2D eigenvalue weighted by Gasteiger charge is -2.13. The van der Waals surface area contributed by atoms with Gasteiger partial charge in [0.05, 0.1) is 22.0 Å². The lowest BCUT2D eigenvalue weighted by atomic mass is 10.1. The first-order valence-corrected chi connectivity index (χ1v) is 10.3. The van der Waals surface area contributed by atoms with Crippen LogP contribution in [0, 0.1) is 0 Å². The van der Waals surface area contributed by atoms with Crippen molar-refractivity contribution in [3.63, 3.8) is 0 Å². The summed E-state index contributed by atoms with van der Waals surface area (Å²) in [4.78, 5) is 55.1. The molecule has 4 aromatic rings. The highest BCUT2D eigenvalue weighted by atomic mass is 16.4. The minimum atomic E-state index is -0.494. The first-order valence-electron chi connectivity index (χ1n) is 10.3. The maximum Gasteiger partial charge on any atom is 0.347 e. The molecule has 3 amide bonds. The molecule has 1 N–H and O–H groups in total. The van der Waals surface area contributed by atoms with Gasteiger partial charge in [0.1, 0.15) is 0 Å². The van der Waals surface area contributed by atoms with Crippen LogP contribution in [-0.2, 0) is 4.79 Å². The molecule has 8 nitrogen and oxygen atoms in total. The minimum absolute atomic E-state index is 0.0288. The summed E-state index contributed by atoms with van der Waals surface area (Å²) < 4.78 is 5.34. The molecule has 0 saturated carbocycles. The Kier molecular flexibility index (Phi) is 5.02. The number of carbonyl (C=O) groups excluding carboxylic acids is 3. The second kappa shape index (κ2) is 8.16. The van der Waals surface area contributed by atoms with Gasteiger partial charge >= 0.3 is 5.63 Å². The maximum absolute atomic E-state index is 12.5. The Labute approximate surface area is 187 Å². The Hall–Kier alpha value is -4.59. The highest BCUT2D eigenvalue weighted by molar-refractivity contribution is 6.21. The predicted molar refractivity (Wildman–Crippen MR) is 121 cm³/mol. The molecule has 8 heteroatoms. The molecule has 162 valence electrons. The Morgan fingerprint density at radius 2 is 1.58 bits per heavy atom. The van der Waals surface area contributed by atoms with Gasteiger partial charge in [0, 0.05) is 24.2 Å². The van der Waals surface area contributed by atoms with Crippen molar-refractivity contribution in [2.45, 2.75) is 6.42 Å². The number of hydrogen-bond donors (Lipinski definition) is 1. The Morgan fingerprint density at radius 1 is 0.879 bits per heavy atom. The van der Waals surface area contributed by atoms with E-state index in [1.807, 2.05) is 0 Å². The highest BCUT2D eigenvalue weighted by Crippen LogP contribution is 2.24. The van der Waals surface area contributed by atoms with E-state index in [2.05, 4.69) is 10.3 Å². The third-order valence-electron chi connectivity index (χ3n) is 5.37. The molecule has 0 atom stereocenters. The van der Waals surface area contributed by atoms with E-state index in [4.69, 9.17) is 4.42 Å². The van der Waals surface area contributed by atoms with Crippen molar-refractivity contribution in [1.29, 1.82) is 0 Å². The van der Waals surface area contributed by atoms with Crippen molar-refractivity contribution in [2.24, 2.45) is 0 Å². The molecule has 0 unspecified atom stereocenters. The Bertz CT molecular complexity index is 1460. The molecule has 0 saturated heterocycles. The minimum Gasteiger partial charge on any atom is -0.403 e. The number of hydrogen-bond acceptors (Lipinski definition) is 6. The number of carbonyl (C=O) groups is 3. The molecular formula is C25H17N3O5. The molecule has 0 aliphatic carbocycles. The third-order valence-corrected chi connectivity index (χ3v) is 5.37. The van der Waals surface area contributed by atoms with Crippen LogP contribution in [0.1, 0.15) is 27.1 Å². The van der Waals surface area contributed by atoms with Crippen LogP contribution in [-0.4, -0.2) is 34.2 Å². The number of fused-ring (bicyclic) bond motifs is 2. The van der Waals surface area contributed by atoms with Crippen LogP contribution < -0.4 is 10.9 Å². The quantitative estimate of drug-likeness (QED) is 0.477. The summed E-state index contributed by atoms with van der Waals surface area (Å²) in [6.07, 6.45) is -0.0565. The highest BCUT2D eigenvalue weighted by Gasteiger charge is 2.34. The number of amides is 3. The lowest BCUT2D eigenvalue weighted by Crippen LogP contribution is -2.32. The standard InChI is InChI=1S/C25H17N3O5/c29-21(12-13-28-23(30)17-8-1-2-9-18(17)24(28)31)26-16-7-5-6-15(14-16)22-27-20-11-4-3-10-19(20)25(32)33-22/h1-11,14H,12-13H2,(H,26,29). The lowest BCUT2D eigenvalue weighted by molar-refractivity contribution is -0.116. The van der Waals surface area contributed by atoms with E-state index in [0.29, 0.717) is 33.3 Å². The zero-order chi connectivity index (χ0) is 22.9. The smallest absolute Gasteiger partial charge is 0.347 e. The van der Waals surface area contributed by atoms with Crippen LogP contribution in [0.25, 0.3) is 22.4 Å². The monoisotopic (exact) mass is 439 g/mol. The molecule has 0 bridgehead atoms. The first-order chi connectivity index (χ1) is 16.0. The van der Waals surface area contributed by atoms with E-state index in [0.717, 1.165) is 4.90 Å². The number of imide groups is 1. The maximum atomic E-state index is 12.5. The zero-order valence-electron chi connectivity index (χ0n) is 17.3. The fourth-order valence-electron chi connectivity index (χ4n) is 3.75. The number of aromatic nitrogens is 1. The average molecular weight is 439 g/mol. The molecule has 2 heterocycles. The van der Waals surface area contributed by atoms with E-state index in [1.165, 1.54) is 0 Å². The Morgan fingerprint density at radius 3 is 2.33 bits per heavy atom. The van der Waals surface area contributed by atoms with Crippen molar-refractivity contribution >= 4 is 34.3 Å². The summed E-state index contributed by atoms with van der Waals surface area (Å²) in [6, 6.07) is 20.2. The van der Waals surface area contributed by atoms with Crippen molar-refractivity contribution in [1.82, 2.24) is 9.88 Å². The molecule has 1 aromatic heterocycles. The van der Waals surface area contributed by atoms with Crippen molar-refractivity contribution in [3.8, 4) is 11.5 Å². The molecule has 3 aromatic carbocycles. The second-order valence-corrected chi connectivity index (χ2v) is 7.51. The molecule has 1 aliphatic heterocycles. The number of anilines is 1. The van der Waals surface area contributed by atoms with Crippen molar-refractivity contribution in [3.05, 3.63) is 94.3 Å². The van der Waals surface area contributed by atoms with Crippen LogP contribution in [0.3, 0.4) is 0 Å². The van der Waals surface area contributed by atoms with Gasteiger partial charge in [-0.05, 0) is 42.5 Å². The van der Waals surface area contributed by atoms with E-state index >= 15 is 0 Å². The summed E-state index contributed by atoms with van der Waals surface area (Å²) in [5.74, 6) is -1.02. The van der Waals surface area contributed by atoms with E-state index in [1.54, 1.807) is 72.8 Å². The predicted octanol–water partition coefficient (Wildman–Crippen LogP) is 3.48. The number of rotatable bonds is 5. The summed E-state index contributed by atoms with van der Waals surface area (Å²) in [7, 11) is 0. The van der Waals surface area contributed by atoms with Crippen LogP contribution >= 0.6 is 0 Å². The number of para-hydroxylation sites is 1. The van der Waals surface area contributed by atoms with E-state index in [9.17, 15) is 19.2 Å². The molecule has 1 aliphatic rings. The van der Waals surface area contributed by atoms with Gasteiger partial charge in [-0.3, -0.25) is 19.3 Å². The van der Waals surface area contributed by atoms with Crippen LogP contribution in [0.5, 0.6) is 0 Å². The Balaban J connectivity index is 1.29. The second-order valence-electron chi connectivity index (χ2n) is 7.51. The number of nitrogens with zero attached hydrogens (tertiary/aromatic N) is 2. The van der Waals surface area contributed by atoms with E-state index in [-0.39, 0.29) is 24.8 Å². The largest absolute Gasteiger partial charge is 0.403 e. The fraction of sp³-hybridized carbons (Fsp3) is 0.0800. The molecule has 0 radical (unpaired) electrons. The van der Waals surface area contributed by atoms with Gasteiger partial charge in [-0.2, -0.15) is 0 Å². The van der Waals surface area contributed by atoms with Gasteiger partial charge in [0.15, 0.2) is 0 Å². The first kappa shape index (κ1) is 20.3. The number of nitrogens with one attached hydrogen (secondary N) is 1. The van der Waals surface area contributed by atoms with Gasteiger partial charge in [-0.15, -0.1) is 0 Å². The topological polar surface area (TPSA) is 110 Å². The summed E-state index contributed by atoms with van der Waals surface area (Å²) in [6.45, 7) is -0.0288. The zero-order valence-corrected chi connectivity index (χ0v) is 17.3. The average Bonchev–Trinajstić information content (AvgIpc) is 3.07. The van der Waals surface area contributed by atoms with Gasteiger partial charge < -0.3 is 9.73 Å². The summed E-state index contributed by atoms with van der Waals surface area (Å²) in [5, 5.41) is 3.13. The number of benzene rings is 3. The van der Waals surface area contributed by atoms with Crippen LogP contribution in [0.15, 0.2) is 82.0 Å². The summed E-state index contributed by atoms with van der Waals surface area (Å²) in [5.41, 5.74) is 1.71. The normalized spacial score (nSPS) is 12.8. The summed E-state index contributed by atoms with van der Waals surface area (Å²) >= 11 is 0. The third kappa shape index (κ3) is 3.78. The molecule has 0 spiro atoms. The van der Waals surface area contributed by atoms with Gasteiger partial charge in [0.2, 0.25) is 11.8 Å². The molecule has 5 rings (SSSR count). The SMILES string of the molecule is O=C(CCN1C(=O)c2ccccc2C1=O)Nc1cccc(-c2nc3ccccc3c(=O)o2)c1. The van der Waals surface area contributed by atoms with Gasteiger partial charge in [-0.1, -0.05) is 30.3 Å². The van der Waals surface area contributed by atoms with Crippen molar-refractivity contribution < 1.29 is 18.8 Å². The van der Waals surface area contributed by atoms with Crippen LogP contribution in [0.2, 0.25) is 0 Å². The molecule has 0 fully saturated rings. The molecular weight excluding hydrogens is 422 g/mol. The fourth-order valence-corrected chi connectivity index (χ4v) is 3.75.